The van der Waals surface area contributed by atoms with Gasteiger partial charge in [-0.25, -0.2) is 17.9 Å². The number of hydrogen-bond donors (Lipinski definition) is 1. The van der Waals surface area contributed by atoms with E-state index < -0.39 is 16.0 Å². The van der Waals surface area contributed by atoms with Gasteiger partial charge in [0.15, 0.2) is 6.61 Å². The normalized spacial score (nSPS) is 17.8. The summed E-state index contributed by atoms with van der Waals surface area (Å²) in [5.74, 6) is -1.01. The number of amides is 1. The largest absolute Gasteiger partial charge is 0.452 e. The molecule has 1 N–H and O–H groups in total. The van der Waals surface area contributed by atoms with Gasteiger partial charge < -0.3 is 9.64 Å². The third-order valence-corrected chi connectivity index (χ3v) is 6.37. The molecule has 0 bridgehead atoms. The molecule has 26 heavy (non-hydrogen) atoms. The molecule has 0 aromatic heterocycles. The minimum absolute atomic E-state index is 0.00826. The van der Waals surface area contributed by atoms with Crippen molar-refractivity contribution >= 4 is 33.5 Å². The van der Waals surface area contributed by atoms with Gasteiger partial charge >= 0.3 is 5.97 Å². The second-order valence-corrected chi connectivity index (χ2v) is 8.34. The minimum Gasteiger partial charge on any atom is -0.452 e. The maximum atomic E-state index is 12.4. The van der Waals surface area contributed by atoms with Gasteiger partial charge in [0.05, 0.1) is 10.6 Å². The van der Waals surface area contributed by atoms with E-state index in [2.05, 4.69) is 4.72 Å². The van der Waals surface area contributed by atoms with Gasteiger partial charge in [0, 0.05) is 12.6 Å². The molecule has 0 saturated carbocycles. The highest BCUT2D eigenvalue weighted by atomic mass is 35.5. The fourth-order valence-electron chi connectivity index (χ4n) is 2.99. The van der Waals surface area contributed by atoms with E-state index in [1.54, 1.807) is 4.90 Å². The van der Waals surface area contributed by atoms with E-state index in [9.17, 15) is 18.0 Å². The van der Waals surface area contributed by atoms with Crippen molar-refractivity contribution in [1.82, 2.24) is 9.62 Å². The first-order chi connectivity index (χ1) is 12.3. The SMILES string of the molecule is CC[C@@H]1CCCCN1C(=O)COC(=O)c1ccc(Cl)c(S(=O)(=O)NC)c1. The van der Waals surface area contributed by atoms with Crippen LogP contribution in [-0.4, -0.2) is 51.4 Å². The Morgan fingerprint density at radius 3 is 2.73 bits per heavy atom. The molecule has 1 atom stereocenters. The highest BCUT2D eigenvalue weighted by Gasteiger charge is 2.26. The summed E-state index contributed by atoms with van der Waals surface area (Å²) in [4.78, 5) is 26.1. The van der Waals surface area contributed by atoms with Crippen LogP contribution in [-0.2, 0) is 19.6 Å². The van der Waals surface area contributed by atoms with Gasteiger partial charge in [-0.3, -0.25) is 4.79 Å². The topological polar surface area (TPSA) is 92.8 Å². The number of likely N-dealkylation sites (tertiary alicyclic amines) is 1. The van der Waals surface area contributed by atoms with Gasteiger partial charge in [-0.15, -0.1) is 0 Å². The second kappa shape index (κ2) is 8.83. The lowest BCUT2D eigenvalue weighted by Gasteiger charge is -2.35. The van der Waals surface area contributed by atoms with Crippen molar-refractivity contribution in [2.75, 3.05) is 20.2 Å². The summed E-state index contributed by atoms with van der Waals surface area (Å²) in [6.07, 6.45) is 3.86. The van der Waals surface area contributed by atoms with Crippen molar-refractivity contribution in [2.45, 2.75) is 43.5 Å². The number of carbonyl (C=O) groups is 2. The van der Waals surface area contributed by atoms with Crippen LogP contribution < -0.4 is 4.72 Å². The molecule has 9 heteroatoms. The van der Waals surface area contributed by atoms with Crippen molar-refractivity contribution in [3.63, 3.8) is 0 Å². The van der Waals surface area contributed by atoms with E-state index in [1.807, 2.05) is 6.92 Å². The number of carbonyl (C=O) groups excluding carboxylic acids is 2. The van der Waals surface area contributed by atoms with Crippen molar-refractivity contribution < 1.29 is 22.7 Å². The van der Waals surface area contributed by atoms with Crippen molar-refractivity contribution in [2.24, 2.45) is 0 Å². The number of benzene rings is 1. The zero-order chi connectivity index (χ0) is 19.3. The number of rotatable bonds is 6. The first-order valence-electron chi connectivity index (χ1n) is 8.49. The number of ether oxygens (including phenoxy) is 1. The molecular weight excluding hydrogens is 380 g/mol. The number of halogens is 1. The lowest BCUT2D eigenvalue weighted by molar-refractivity contribution is -0.138. The van der Waals surface area contributed by atoms with E-state index in [4.69, 9.17) is 16.3 Å². The smallest absolute Gasteiger partial charge is 0.338 e. The predicted octanol–water partition coefficient (Wildman–Crippen LogP) is 2.20. The van der Waals surface area contributed by atoms with Crippen LogP contribution in [0, 0.1) is 0 Å². The zero-order valence-electron chi connectivity index (χ0n) is 14.8. The zero-order valence-corrected chi connectivity index (χ0v) is 16.4. The van der Waals surface area contributed by atoms with Gasteiger partial charge in [-0.1, -0.05) is 18.5 Å². The van der Waals surface area contributed by atoms with Crippen LogP contribution in [0.4, 0.5) is 0 Å². The standard InChI is InChI=1S/C17H23ClN2O5S/c1-3-13-6-4-5-9-20(13)16(21)11-25-17(22)12-7-8-14(18)15(10-12)26(23,24)19-2/h7-8,10,13,19H,3-6,9,11H2,1-2H3/t13-/m1/s1. The Labute approximate surface area is 158 Å². The number of nitrogens with zero attached hydrogens (tertiary/aromatic N) is 1. The molecule has 2 rings (SSSR count). The maximum absolute atomic E-state index is 12.4. The summed E-state index contributed by atoms with van der Waals surface area (Å²) in [7, 11) is -2.56. The average Bonchev–Trinajstić information content (AvgIpc) is 2.65. The Balaban J connectivity index is 2.06. The summed E-state index contributed by atoms with van der Waals surface area (Å²) in [6.45, 7) is 2.33. The van der Waals surface area contributed by atoms with Crippen LogP contribution in [0.25, 0.3) is 0 Å². The lowest BCUT2D eigenvalue weighted by Crippen LogP contribution is -2.45. The third-order valence-electron chi connectivity index (χ3n) is 4.47. The van der Waals surface area contributed by atoms with E-state index in [1.165, 1.54) is 19.2 Å². The highest BCUT2D eigenvalue weighted by Crippen LogP contribution is 2.23. The average molecular weight is 403 g/mol. The van der Waals surface area contributed by atoms with Gasteiger partial charge in [-0.05, 0) is 50.9 Å². The third kappa shape index (κ3) is 4.75. The van der Waals surface area contributed by atoms with Gasteiger partial charge in [0.2, 0.25) is 10.0 Å². The summed E-state index contributed by atoms with van der Waals surface area (Å²) in [6, 6.07) is 3.98. The second-order valence-electron chi connectivity index (χ2n) is 6.07. The Hall–Kier alpha value is -1.64. The Kier molecular flexibility index (Phi) is 7.02. The van der Waals surface area contributed by atoms with Gasteiger partial charge in [0.1, 0.15) is 4.90 Å². The van der Waals surface area contributed by atoms with Crippen LogP contribution in [0.1, 0.15) is 43.0 Å². The fourth-order valence-corrected chi connectivity index (χ4v) is 4.24. The highest BCUT2D eigenvalue weighted by molar-refractivity contribution is 7.89. The Bertz CT molecular complexity index is 781. The monoisotopic (exact) mass is 402 g/mol. The molecule has 0 radical (unpaired) electrons. The van der Waals surface area contributed by atoms with Crippen molar-refractivity contribution in [3.8, 4) is 0 Å². The van der Waals surface area contributed by atoms with Crippen molar-refractivity contribution in [3.05, 3.63) is 28.8 Å². The first kappa shape index (κ1) is 20.7. The molecule has 1 aromatic carbocycles. The molecule has 1 amide bonds. The van der Waals surface area contributed by atoms with E-state index in [0.717, 1.165) is 31.7 Å². The van der Waals surface area contributed by atoms with Gasteiger partial charge in [0.25, 0.3) is 5.91 Å². The number of esters is 1. The lowest BCUT2D eigenvalue weighted by atomic mass is 10.00. The number of piperidine rings is 1. The maximum Gasteiger partial charge on any atom is 0.338 e. The van der Waals surface area contributed by atoms with E-state index in [-0.39, 0.29) is 34.0 Å². The molecule has 1 aliphatic heterocycles. The Morgan fingerprint density at radius 1 is 1.35 bits per heavy atom. The van der Waals surface area contributed by atoms with Gasteiger partial charge in [-0.2, -0.15) is 0 Å². The van der Waals surface area contributed by atoms with E-state index in [0.29, 0.717) is 6.54 Å². The summed E-state index contributed by atoms with van der Waals surface area (Å²) >= 11 is 5.89. The molecule has 1 fully saturated rings. The molecule has 7 nitrogen and oxygen atoms in total. The molecule has 0 unspecified atom stereocenters. The quantitative estimate of drug-likeness (QED) is 0.736. The summed E-state index contributed by atoms with van der Waals surface area (Å²) in [5.41, 5.74) is 0.0155. The van der Waals surface area contributed by atoms with Crippen LogP contribution in [0.5, 0.6) is 0 Å². The predicted molar refractivity (Wildman–Crippen MR) is 97.6 cm³/mol. The molecular formula is C17H23ClN2O5S. The molecule has 1 heterocycles. The number of sulfonamides is 1. The van der Waals surface area contributed by atoms with Crippen LogP contribution in [0.3, 0.4) is 0 Å². The van der Waals surface area contributed by atoms with Crippen molar-refractivity contribution in [1.29, 1.82) is 0 Å². The van der Waals surface area contributed by atoms with Crippen LogP contribution >= 0.6 is 11.6 Å². The number of hydrogen-bond acceptors (Lipinski definition) is 5. The first-order valence-corrected chi connectivity index (χ1v) is 10.4. The number of nitrogens with one attached hydrogen (secondary N) is 1. The molecule has 0 spiro atoms. The molecule has 0 aliphatic carbocycles. The molecule has 1 aliphatic rings. The van der Waals surface area contributed by atoms with Crippen LogP contribution in [0.15, 0.2) is 23.1 Å². The fraction of sp³-hybridized carbons (Fsp3) is 0.529. The molecule has 1 aromatic rings. The molecule has 1 saturated heterocycles. The van der Waals surface area contributed by atoms with Crippen LogP contribution in [0.2, 0.25) is 5.02 Å². The molecule has 144 valence electrons. The summed E-state index contributed by atoms with van der Waals surface area (Å²) < 4.78 is 31.1. The van der Waals surface area contributed by atoms with E-state index >= 15 is 0 Å². The Morgan fingerprint density at radius 2 is 2.08 bits per heavy atom. The minimum atomic E-state index is -3.81. The summed E-state index contributed by atoms with van der Waals surface area (Å²) in [5, 5.41) is -0.00826.